The summed E-state index contributed by atoms with van der Waals surface area (Å²) in [4.78, 5) is 25.2. The van der Waals surface area contributed by atoms with Crippen LogP contribution in [0, 0.1) is 5.82 Å². The van der Waals surface area contributed by atoms with Gasteiger partial charge in [0.1, 0.15) is 11.4 Å². The van der Waals surface area contributed by atoms with Gasteiger partial charge in [-0.25, -0.2) is 4.39 Å². The predicted octanol–water partition coefficient (Wildman–Crippen LogP) is 3.91. The van der Waals surface area contributed by atoms with Crippen LogP contribution < -0.4 is 5.32 Å². The first-order valence-electron chi connectivity index (χ1n) is 7.53. The number of benzene rings is 2. The zero-order valence-electron chi connectivity index (χ0n) is 13.1. The van der Waals surface area contributed by atoms with E-state index in [9.17, 15) is 14.0 Å². The molecular formula is C18H10FN3O3S. The summed E-state index contributed by atoms with van der Waals surface area (Å²) < 4.78 is 22.5. The number of halogens is 1. The van der Waals surface area contributed by atoms with Crippen LogP contribution in [0.1, 0.15) is 26.6 Å². The first kappa shape index (κ1) is 16.1. The standard InChI is InChI=1S/C18H10FN3O3S/c19-11-7-5-10(6-8-11)16(23)17-15(12-3-1-2-4-14(12)25-17)20-18(24)13-9-26-22-21-13/h1-9H,(H,20,24). The Morgan fingerprint density at radius 2 is 1.85 bits per heavy atom. The molecule has 0 radical (unpaired) electrons. The molecule has 0 fully saturated rings. The molecule has 2 aromatic carbocycles. The van der Waals surface area contributed by atoms with Crippen molar-refractivity contribution in [2.75, 3.05) is 5.32 Å². The average Bonchev–Trinajstić information content (AvgIpc) is 3.30. The van der Waals surface area contributed by atoms with Crippen LogP contribution in [0.5, 0.6) is 0 Å². The number of fused-ring (bicyclic) bond motifs is 1. The van der Waals surface area contributed by atoms with Crippen molar-refractivity contribution in [1.82, 2.24) is 9.59 Å². The molecule has 2 heterocycles. The van der Waals surface area contributed by atoms with Gasteiger partial charge in [-0.15, -0.1) is 5.10 Å². The normalized spacial score (nSPS) is 10.8. The SMILES string of the molecule is O=C(Nc1c(C(=O)c2ccc(F)cc2)oc2ccccc12)c1csnn1. The van der Waals surface area contributed by atoms with E-state index in [2.05, 4.69) is 14.9 Å². The van der Waals surface area contributed by atoms with Crippen molar-refractivity contribution < 1.29 is 18.4 Å². The van der Waals surface area contributed by atoms with Crippen LogP contribution in [0.3, 0.4) is 0 Å². The molecule has 0 aliphatic heterocycles. The van der Waals surface area contributed by atoms with E-state index in [0.29, 0.717) is 11.0 Å². The van der Waals surface area contributed by atoms with E-state index in [-0.39, 0.29) is 22.7 Å². The van der Waals surface area contributed by atoms with Crippen molar-refractivity contribution in [3.63, 3.8) is 0 Å². The third kappa shape index (κ3) is 2.86. The number of carbonyl (C=O) groups excluding carboxylic acids is 2. The second kappa shape index (κ2) is 6.49. The maximum atomic E-state index is 13.1. The minimum Gasteiger partial charge on any atom is -0.450 e. The number of furan rings is 1. The molecule has 0 bridgehead atoms. The molecule has 8 heteroatoms. The van der Waals surface area contributed by atoms with Gasteiger partial charge in [0.25, 0.3) is 5.91 Å². The molecule has 26 heavy (non-hydrogen) atoms. The third-order valence-corrected chi connectivity index (χ3v) is 4.24. The first-order chi connectivity index (χ1) is 12.6. The second-order valence-corrected chi connectivity index (χ2v) is 5.99. The Morgan fingerprint density at radius 1 is 1.08 bits per heavy atom. The highest BCUT2D eigenvalue weighted by Crippen LogP contribution is 2.32. The van der Waals surface area contributed by atoms with Crippen molar-refractivity contribution >= 4 is 39.9 Å². The molecule has 0 saturated heterocycles. The number of hydrogen-bond acceptors (Lipinski definition) is 6. The van der Waals surface area contributed by atoms with E-state index in [1.165, 1.54) is 29.6 Å². The molecule has 0 aliphatic rings. The van der Waals surface area contributed by atoms with Gasteiger partial charge in [0, 0.05) is 16.3 Å². The summed E-state index contributed by atoms with van der Waals surface area (Å²) >= 11 is 1.05. The van der Waals surface area contributed by atoms with Crippen LogP contribution in [-0.2, 0) is 0 Å². The Bertz CT molecular complexity index is 1100. The molecular weight excluding hydrogens is 357 g/mol. The van der Waals surface area contributed by atoms with E-state index in [0.717, 1.165) is 11.5 Å². The minimum atomic E-state index is -0.501. The number of nitrogens with zero attached hydrogens (tertiary/aromatic N) is 2. The molecule has 2 aromatic heterocycles. The average molecular weight is 367 g/mol. The number of ketones is 1. The van der Waals surface area contributed by atoms with Crippen LogP contribution >= 0.6 is 11.5 Å². The maximum absolute atomic E-state index is 13.1. The fourth-order valence-corrected chi connectivity index (χ4v) is 2.94. The van der Waals surface area contributed by atoms with E-state index < -0.39 is 17.5 Å². The second-order valence-electron chi connectivity index (χ2n) is 5.38. The Morgan fingerprint density at radius 3 is 2.58 bits per heavy atom. The molecule has 0 aliphatic carbocycles. The van der Waals surface area contributed by atoms with E-state index in [4.69, 9.17) is 4.42 Å². The van der Waals surface area contributed by atoms with Crippen molar-refractivity contribution in [2.45, 2.75) is 0 Å². The van der Waals surface area contributed by atoms with Crippen molar-refractivity contribution in [2.24, 2.45) is 0 Å². The summed E-state index contributed by atoms with van der Waals surface area (Å²) in [6, 6.07) is 12.1. The lowest BCUT2D eigenvalue weighted by molar-refractivity contribution is 0.101. The van der Waals surface area contributed by atoms with Gasteiger partial charge in [0.15, 0.2) is 11.5 Å². The molecule has 4 rings (SSSR count). The van der Waals surface area contributed by atoms with Gasteiger partial charge >= 0.3 is 0 Å². The third-order valence-electron chi connectivity index (χ3n) is 3.74. The van der Waals surface area contributed by atoms with Gasteiger partial charge in [0.2, 0.25) is 5.78 Å². The van der Waals surface area contributed by atoms with Crippen molar-refractivity contribution in [3.05, 3.63) is 76.7 Å². The Kier molecular flexibility index (Phi) is 4.02. The highest BCUT2D eigenvalue weighted by molar-refractivity contribution is 7.03. The maximum Gasteiger partial charge on any atom is 0.277 e. The number of hydrogen-bond donors (Lipinski definition) is 1. The summed E-state index contributed by atoms with van der Waals surface area (Å²) in [5, 5.41) is 8.47. The van der Waals surface area contributed by atoms with Gasteiger partial charge in [-0.3, -0.25) is 9.59 Å². The molecule has 0 spiro atoms. The Labute approximate surface area is 150 Å². The lowest BCUT2D eigenvalue weighted by Crippen LogP contribution is -2.14. The summed E-state index contributed by atoms with van der Waals surface area (Å²) in [7, 11) is 0. The molecule has 0 saturated carbocycles. The molecule has 1 amide bonds. The Hall–Kier alpha value is -3.39. The smallest absolute Gasteiger partial charge is 0.277 e. The number of amides is 1. The molecule has 4 aromatic rings. The summed E-state index contributed by atoms with van der Waals surface area (Å²) in [6.07, 6.45) is 0. The van der Waals surface area contributed by atoms with Crippen LogP contribution in [-0.4, -0.2) is 21.3 Å². The molecule has 1 N–H and O–H groups in total. The van der Waals surface area contributed by atoms with Crippen molar-refractivity contribution in [3.8, 4) is 0 Å². The zero-order valence-corrected chi connectivity index (χ0v) is 13.9. The van der Waals surface area contributed by atoms with E-state index in [1.807, 2.05) is 0 Å². The number of anilines is 1. The number of rotatable bonds is 4. The van der Waals surface area contributed by atoms with E-state index in [1.54, 1.807) is 24.3 Å². The quantitative estimate of drug-likeness (QED) is 0.553. The molecule has 128 valence electrons. The van der Waals surface area contributed by atoms with Gasteiger partial charge in [-0.2, -0.15) is 0 Å². The zero-order chi connectivity index (χ0) is 18.1. The summed E-state index contributed by atoms with van der Waals surface area (Å²) in [5.41, 5.74) is 1.08. The van der Waals surface area contributed by atoms with Gasteiger partial charge in [-0.05, 0) is 47.9 Å². The molecule has 0 unspecified atom stereocenters. The largest absolute Gasteiger partial charge is 0.450 e. The number of carbonyl (C=O) groups is 2. The topological polar surface area (TPSA) is 85.1 Å². The van der Waals surface area contributed by atoms with Crippen LogP contribution in [0.2, 0.25) is 0 Å². The highest BCUT2D eigenvalue weighted by atomic mass is 32.1. The van der Waals surface area contributed by atoms with Gasteiger partial charge in [0.05, 0.1) is 5.69 Å². The van der Waals surface area contributed by atoms with Crippen LogP contribution in [0.25, 0.3) is 11.0 Å². The lowest BCUT2D eigenvalue weighted by Gasteiger charge is -2.04. The molecule has 6 nitrogen and oxygen atoms in total. The summed E-state index contributed by atoms with van der Waals surface area (Å²) in [5.74, 6) is -1.45. The van der Waals surface area contributed by atoms with Crippen molar-refractivity contribution in [1.29, 1.82) is 0 Å². The lowest BCUT2D eigenvalue weighted by atomic mass is 10.1. The fourth-order valence-electron chi connectivity index (χ4n) is 2.50. The predicted molar refractivity (Wildman–Crippen MR) is 93.9 cm³/mol. The van der Waals surface area contributed by atoms with Crippen LogP contribution in [0.4, 0.5) is 10.1 Å². The van der Waals surface area contributed by atoms with E-state index >= 15 is 0 Å². The Balaban J connectivity index is 1.80. The van der Waals surface area contributed by atoms with Gasteiger partial charge in [-0.1, -0.05) is 16.6 Å². The fraction of sp³-hybridized carbons (Fsp3) is 0. The number of nitrogens with one attached hydrogen (secondary N) is 1. The van der Waals surface area contributed by atoms with Crippen LogP contribution in [0.15, 0.2) is 58.3 Å². The highest BCUT2D eigenvalue weighted by Gasteiger charge is 2.24. The first-order valence-corrected chi connectivity index (χ1v) is 8.37. The minimum absolute atomic E-state index is 0.0330. The monoisotopic (exact) mass is 367 g/mol. The van der Waals surface area contributed by atoms with Gasteiger partial charge < -0.3 is 9.73 Å². The number of para-hydroxylation sites is 1. The summed E-state index contributed by atoms with van der Waals surface area (Å²) in [6.45, 7) is 0. The molecule has 0 atom stereocenters. The number of aromatic nitrogens is 2.